The fourth-order valence-corrected chi connectivity index (χ4v) is 0.978. The quantitative estimate of drug-likeness (QED) is 0.720. The number of aldehydes is 1. The molecule has 0 aromatic carbocycles. The van der Waals surface area contributed by atoms with Crippen LogP contribution in [0.2, 0.25) is 0 Å². The van der Waals surface area contributed by atoms with Crippen molar-refractivity contribution < 1.29 is 13.6 Å². The van der Waals surface area contributed by atoms with E-state index in [2.05, 4.69) is 0 Å². The van der Waals surface area contributed by atoms with E-state index in [1.54, 1.807) is 0 Å². The first-order valence-electron chi connectivity index (χ1n) is 3.50. The Kier molecular flexibility index (Phi) is 2.72. The van der Waals surface area contributed by atoms with Gasteiger partial charge in [0.15, 0.2) is 6.29 Å². The molecular formula is C8H4F2N2O2. The molecular weight excluding hydrogens is 194 g/mol. The van der Waals surface area contributed by atoms with Crippen molar-refractivity contribution in [2.75, 3.05) is 0 Å². The summed E-state index contributed by atoms with van der Waals surface area (Å²) in [5.74, 6) is 0. The Hall–Kier alpha value is -2.03. The van der Waals surface area contributed by atoms with Crippen molar-refractivity contribution in [3.8, 4) is 6.07 Å². The minimum absolute atomic E-state index is 0.0787. The third kappa shape index (κ3) is 1.52. The van der Waals surface area contributed by atoms with E-state index in [4.69, 9.17) is 5.26 Å². The number of carbonyl (C=O) groups is 1. The summed E-state index contributed by atoms with van der Waals surface area (Å²) in [7, 11) is 0. The molecule has 0 unspecified atom stereocenters. The van der Waals surface area contributed by atoms with E-state index in [1.807, 2.05) is 4.98 Å². The Morgan fingerprint density at radius 3 is 2.64 bits per heavy atom. The number of nitrogens with one attached hydrogen (secondary N) is 1. The minimum Gasteiger partial charge on any atom is -0.327 e. The molecule has 0 amide bonds. The molecule has 0 saturated heterocycles. The summed E-state index contributed by atoms with van der Waals surface area (Å²) < 4.78 is 24.5. The smallest absolute Gasteiger partial charge is 0.266 e. The zero-order chi connectivity index (χ0) is 10.7. The predicted molar refractivity (Wildman–Crippen MR) is 42.1 cm³/mol. The van der Waals surface area contributed by atoms with Crippen LogP contribution in [0.1, 0.15) is 27.9 Å². The number of nitriles is 1. The summed E-state index contributed by atoms with van der Waals surface area (Å²) in [6, 6.07) is 1.40. The molecule has 1 rings (SSSR count). The first-order chi connectivity index (χ1) is 6.61. The summed E-state index contributed by atoms with van der Waals surface area (Å²) in [6.07, 6.45) is -2.09. The predicted octanol–water partition coefficient (Wildman–Crippen LogP) is 0.997. The summed E-state index contributed by atoms with van der Waals surface area (Å²) in [5, 5.41) is 8.46. The van der Waals surface area contributed by atoms with Crippen molar-refractivity contribution >= 4 is 6.29 Å². The number of rotatable bonds is 2. The van der Waals surface area contributed by atoms with Crippen molar-refractivity contribution in [1.82, 2.24) is 4.98 Å². The molecule has 0 aliphatic carbocycles. The number of pyridine rings is 1. The standard InChI is InChI=1S/C8H4F2N2O2/c9-7(10)5-2-12-8(14)4(1-11)6(5)3-13/h2-3,7H,(H,12,14). The van der Waals surface area contributed by atoms with Crippen molar-refractivity contribution in [3.63, 3.8) is 0 Å². The molecule has 1 aromatic heterocycles. The lowest BCUT2D eigenvalue weighted by atomic mass is 10.1. The van der Waals surface area contributed by atoms with E-state index in [9.17, 15) is 18.4 Å². The van der Waals surface area contributed by atoms with Crippen molar-refractivity contribution in [1.29, 1.82) is 5.26 Å². The van der Waals surface area contributed by atoms with Crippen LogP contribution in [0.25, 0.3) is 0 Å². The lowest BCUT2D eigenvalue weighted by molar-refractivity contribution is 0.110. The van der Waals surface area contributed by atoms with Crippen LogP contribution in [0, 0.1) is 11.3 Å². The maximum Gasteiger partial charge on any atom is 0.266 e. The number of H-pyrrole nitrogens is 1. The molecule has 0 atom stereocenters. The van der Waals surface area contributed by atoms with Gasteiger partial charge in [0.1, 0.15) is 11.6 Å². The summed E-state index contributed by atoms with van der Waals surface area (Å²) in [6.45, 7) is 0. The van der Waals surface area contributed by atoms with Crippen LogP contribution in [0.4, 0.5) is 8.78 Å². The van der Waals surface area contributed by atoms with Crippen LogP contribution >= 0.6 is 0 Å². The largest absolute Gasteiger partial charge is 0.327 e. The van der Waals surface area contributed by atoms with Gasteiger partial charge in [0, 0.05) is 17.3 Å². The lowest BCUT2D eigenvalue weighted by Crippen LogP contribution is -2.15. The molecule has 1 aromatic rings. The number of hydrogen-bond acceptors (Lipinski definition) is 3. The number of carbonyl (C=O) groups excluding carboxylic acids is 1. The highest BCUT2D eigenvalue weighted by Gasteiger charge is 2.18. The maximum absolute atomic E-state index is 12.3. The second-order valence-electron chi connectivity index (χ2n) is 2.39. The summed E-state index contributed by atoms with van der Waals surface area (Å²) >= 11 is 0. The molecule has 0 aliphatic heterocycles. The Labute approximate surface area is 76.8 Å². The van der Waals surface area contributed by atoms with Crippen molar-refractivity contribution in [2.45, 2.75) is 6.43 Å². The van der Waals surface area contributed by atoms with Gasteiger partial charge in [-0.1, -0.05) is 0 Å². The van der Waals surface area contributed by atoms with E-state index >= 15 is 0 Å². The minimum atomic E-state index is -2.90. The molecule has 4 nitrogen and oxygen atoms in total. The fraction of sp³-hybridized carbons (Fsp3) is 0.125. The van der Waals surface area contributed by atoms with E-state index in [0.717, 1.165) is 6.20 Å². The van der Waals surface area contributed by atoms with E-state index in [-0.39, 0.29) is 6.29 Å². The lowest BCUT2D eigenvalue weighted by Gasteiger charge is -2.02. The number of aromatic nitrogens is 1. The van der Waals surface area contributed by atoms with E-state index < -0.39 is 28.7 Å². The van der Waals surface area contributed by atoms with Gasteiger partial charge in [-0.3, -0.25) is 9.59 Å². The second kappa shape index (κ2) is 3.79. The van der Waals surface area contributed by atoms with Crippen molar-refractivity contribution in [3.05, 3.63) is 33.2 Å². The van der Waals surface area contributed by atoms with Crippen LogP contribution in [-0.4, -0.2) is 11.3 Å². The van der Waals surface area contributed by atoms with E-state index in [1.165, 1.54) is 6.07 Å². The van der Waals surface area contributed by atoms with Crippen LogP contribution in [0.5, 0.6) is 0 Å². The van der Waals surface area contributed by atoms with Gasteiger partial charge in [-0.15, -0.1) is 0 Å². The Bertz CT molecular complexity index is 459. The van der Waals surface area contributed by atoms with Gasteiger partial charge in [0.25, 0.3) is 12.0 Å². The van der Waals surface area contributed by atoms with Gasteiger partial charge in [-0.2, -0.15) is 5.26 Å². The average Bonchev–Trinajstić information content (AvgIpc) is 2.16. The van der Waals surface area contributed by atoms with Gasteiger partial charge in [-0.05, 0) is 0 Å². The fourth-order valence-electron chi connectivity index (χ4n) is 0.978. The number of nitrogens with zero attached hydrogens (tertiary/aromatic N) is 1. The average molecular weight is 198 g/mol. The van der Waals surface area contributed by atoms with Gasteiger partial charge < -0.3 is 4.98 Å². The topological polar surface area (TPSA) is 73.7 Å². The highest BCUT2D eigenvalue weighted by Crippen LogP contribution is 2.21. The summed E-state index contributed by atoms with van der Waals surface area (Å²) in [4.78, 5) is 23.3. The van der Waals surface area contributed by atoms with Gasteiger partial charge in [-0.25, -0.2) is 8.78 Å². The van der Waals surface area contributed by atoms with Gasteiger partial charge in [0.2, 0.25) is 0 Å². The first-order valence-corrected chi connectivity index (χ1v) is 3.50. The molecule has 72 valence electrons. The zero-order valence-corrected chi connectivity index (χ0v) is 6.75. The molecule has 0 aliphatic rings. The van der Waals surface area contributed by atoms with Crippen LogP contribution in [0.15, 0.2) is 11.0 Å². The normalized spacial score (nSPS) is 9.86. The maximum atomic E-state index is 12.3. The third-order valence-electron chi connectivity index (χ3n) is 1.63. The number of hydrogen-bond donors (Lipinski definition) is 1. The highest BCUT2D eigenvalue weighted by atomic mass is 19.3. The Balaban J connectivity index is 3.59. The molecule has 1 N–H and O–H groups in total. The number of alkyl halides is 2. The molecule has 0 saturated carbocycles. The van der Waals surface area contributed by atoms with Gasteiger partial charge in [0.05, 0.1) is 0 Å². The number of halogens is 2. The first kappa shape index (κ1) is 10.1. The van der Waals surface area contributed by atoms with Crippen LogP contribution < -0.4 is 5.56 Å². The molecule has 1 heterocycles. The summed E-state index contributed by atoms with van der Waals surface area (Å²) in [5.41, 5.74) is -2.63. The monoisotopic (exact) mass is 198 g/mol. The Morgan fingerprint density at radius 1 is 1.57 bits per heavy atom. The van der Waals surface area contributed by atoms with Gasteiger partial charge >= 0.3 is 0 Å². The molecule has 0 spiro atoms. The molecule has 0 radical (unpaired) electrons. The van der Waals surface area contributed by atoms with Crippen molar-refractivity contribution in [2.24, 2.45) is 0 Å². The van der Waals surface area contributed by atoms with Crippen LogP contribution in [0.3, 0.4) is 0 Å². The molecule has 0 bridgehead atoms. The Morgan fingerprint density at radius 2 is 2.21 bits per heavy atom. The zero-order valence-electron chi connectivity index (χ0n) is 6.75. The third-order valence-corrected chi connectivity index (χ3v) is 1.63. The molecule has 0 fully saturated rings. The molecule has 6 heteroatoms. The molecule has 14 heavy (non-hydrogen) atoms. The number of aromatic amines is 1. The van der Waals surface area contributed by atoms with Crippen LogP contribution in [-0.2, 0) is 0 Å². The SMILES string of the molecule is N#Cc1c(C=O)c(C(F)F)c[nH]c1=O. The highest BCUT2D eigenvalue weighted by molar-refractivity contribution is 5.81. The van der Waals surface area contributed by atoms with E-state index in [0.29, 0.717) is 0 Å². The second-order valence-corrected chi connectivity index (χ2v) is 2.39.